The molecule has 0 radical (unpaired) electrons. The fraction of sp³-hybridized carbons (Fsp3) is 0.286. The molecular weight excluding hydrogens is 173 g/mol. The molecular formula is C7H10N3OP. The first kappa shape index (κ1) is 9.07. The second-order valence-electron chi connectivity index (χ2n) is 2.06. The number of hydrogen-bond donors (Lipinski definition) is 1. The van der Waals surface area contributed by atoms with Gasteiger partial charge in [-0.3, -0.25) is 4.79 Å². The van der Waals surface area contributed by atoms with Crippen LogP contribution in [-0.4, -0.2) is 29.0 Å². The van der Waals surface area contributed by atoms with Gasteiger partial charge in [0.05, 0.1) is 12.1 Å². The summed E-state index contributed by atoms with van der Waals surface area (Å²) in [6.07, 6.45) is 2.95. The molecule has 0 fully saturated rings. The first-order chi connectivity index (χ1) is 5.88. The molecule has 5 heteroatoms. The number of fused-ring (bicyclic) bond motifs is 1. The van der Waals surface area contributed by atoms with Gasteiger partial charge in [-0.1, -0.05) is 6.66 Å². The van der Waals surface area contributed by atoms with Crippen LogP contribution in [0.15, 0.2) is 12.5 Å². The van der Waals surface area contributed by atoms with Gasteiger partial charge in [-0.05, 0) is 0 Å². The molecule has 2 heterocycles. The van der Waals surface area contributed by atoms with Gasteiger partial charge >= 0.3 is 0 Å². The van der Waals surface area contributed by atoms with E-state index in [2.05, 4.69) is 24.5 Å². The van der Waals surface area contributed by atoms with E-state index in [1.165, 1.54) is 12.5 Å². The summed E-state index contributed by atoms with van der Waals surface area (Å²) in [4.78, 5) is 18.5. The molecule has 0 spiro atoms. The van der Waals surface area contributed by atoms with Gasteiger partial charge in [0.1, 0.15) is 12.1 Å². The maximum absolute atomic E-state index is 10.9. The molecule has 64 valence electrons. The van der Waals surface area contributed by atoms with E-state index in [4.69, 9.17) is 0 Å². The minimum Gasteiger partial charge on any atom is -0.362 e. The fourth-order valence-corrected chi connectivity index (χ4v) is 0.934. The van der Waals surface area contributed by atoms with E-state index in [9.17, 15) is 4.79 Å². The zero-order valence-corrected chi connectivity index (χ0v) is 7.90. The van der Waals surface area contributed by atoms with Crippen LogP contribution in [0.5, 0.6) is 0 Å². The molecule has 1 aliphatic rings. The van der Waals surface area contributed by atoms with Gasteiger partial charge in [0, 0.05) is 6.20 Å². The number of Topliss-reactive ketones (excluding diaryl/α,β-unsaturated/α-hetero) is 1. The van der Waals surface area contributed by atoms with Crippen molar-refractivity contribution in [2.45, 2.75) is 0 Å². The van der Waals surface area contributed by atoms with Crippen molar-refractivity contribution >= 4 is 20.8 Å². The van der Waals surface area contributed by atoms with Crippen LogP contribution in [-0.2, 0) is 0 Å². The number of carbonyl (C=O) groups excluding carboxylic acids is 1. The standard InChI is InChI=1S/C6H5N3O.CH5P/c10-5-2-8-6-4(5)1-7-3-9-6;1-2/h1,3H,2H2,(H,7,8,9);2H2,1H3. The summed E-state index contributed by atoms with van der Waals surface area (Å²) in [5.41, 5.74) is 0.600. The largest absolute Gasteiger partial charge is 0.362 e. The maximum atomic E-state index is 10.9. The lowest BCUT2D eigenvalue weighted by Crippen LogP contribution is -2.00. The number of hydrogen-bond acceptors (Lipinski definition) is 4. The third kappa shape index (κ3) is 1.59. The van der Waals surface area contributed by atoms with Crippen LogP contribution in [0.25, 0.3) is 0 Å². The van der Waals surface area contributed by atoms with E-state index in [-0.39, 0.29) is 5.78 Å². The number of ketones is 1. The summed E-state index contributed by atoms with van der Waals surface area (Å²) in [5, 5.41) is 2.85. The summed E-state index contributed by atoms with van der Waals surface area (Å²) < 4.78 is 0. The second kappa shape index (κ2) is 4.12. The Kier molecular flexibility index (Phi) is 3.11. The van der Waals surface area contributed by atoms with Gasteiger partial charge in [0.15, 0.2) is 5.78 Å². The lowest BCUT2D eigenvalue weighted by Gasteiger charge is -1.91. The number of nitrogens with one attached hydrogen (secondary N) is 1. The molecule has 1 N–H and O–H groups in total. The topological polar surface area (TPSA) is 54.9 Å². The van der Waals surface area contributed by atoms with Crippen LogP contribution in [0, 0.1) is 0 Å². The van der Waals surface area contributed by atoms with Crippen molar-refractivity contribution in [1.29, 1.82) is 0 Å². The Hall–Kier alpha value is -1.02. The summed E-state index contributed by atoms with van der Waals surface area (Å²) >= 11 is 0. The van der Waals surface area contributed by atoms with E-state index >= 15 is 0 Å². The van der Waals surface area contributed by atoms with E-state index < -0.39 is 0 Å². The highest BCUT2D eigenvalue weighted by atomic mass is 31.0. The first-order valence-electron chi connectivity index (χ1n) is 3.53. The summed E-state index contributed by atoms with van der Waals surface area (Å²) in [5.74, 6) is 0.718. The predicted molar refractivity (Wildman–Crippen MR) is 50.5 cm³/mol. The quantitative estimate of drug-likeness (QED) is 0.597. The first-order valence-corrected chi connectivity index (χ1v) is 4.68. The fourth-order valence-electron chi connectivity index (χ4n) is 0.934. The zero-order valence-electron chi connectivity index (χ0n) is 6.74. The van der Waals surface area contributed by atoms with Gasteiger partial charge in [-0.2, -0.15) is 0 Å². The molecule has 1 atom stereocenters. The molecule has 0 saturated heterocycles. The smallest absolute Gasteiger partial charge is 0.187 e. The molecule has 4 nitrogen and oxygen atoms in total. The third-order valence-electron chi connectivity index (χ3n) is 1.43. The molecule has 0 amide bonds. The summed E-state index contributed by atoms with van der Waals surface area (Å²) in [6.45, 7) is 2.27. The van der Waals surface area contributed by atoms with E-state index in [1.807, 2.05) is 6.66 Å². The van der Waals surface area contributed by atoms with Crippen LogP contribution >= 0.6 is 9.24 Å². The predicted octanol–water partition coefficient (Wildman–Crippen LogP) is 0.576. The summed E-state index contributed by atoms with van der Waals surface area (Å²) in [7, 11) is 2.42. The van der Waals surface area contributed by atoms with Crippen LogP contribution in [0.4, 0.5) is 5.82 Å². The normalized spacial score (nSPS) is 12.7. The molecule has 2 rings (SSSR count). The van der Waals surface area contributed by atoms with Crippen molar-refractivity contribution in [2.24, 2.45) is 0 Å². The SMILES string of the molecule is CP.O=C1CNc2ncncc21. The Bertz CT molecular complexity index is 290. The number of anilines is 1. The maximum Gasteiger partial charge on any atom is 0.187 e. The van der Waals surface area contributed by atoms with E-state index in [0.717, 1.165) is 0 Å². The van der Waals surface area contributed by atoms with Gasteiger partial charge in [-0.15, -0.1) is 9.24 Å². The average Bonchev–Trinajstić information content (AvgIpc) is 2.53. The minimum atomic E-state index is 0.0654. The molecule has 0 saturated carbocycles. The highest BCUT2D eigenvalue weighted by molar-refractivity contribution is 7.15. The number of carbonyl (C=O) groups is 1. The molecule has 1 aromatic heterocycles. The van der Waals surface area contributed by atoms with Gasteiger partial charge < -0.3 is 5.32 Å². The molecule has 0 aliphatic carbocycles. The monoisotopic (exact) mass is 183 g/mol. The van der Waals surface area contributed by atoms with Gasteiger partial charge in [0.2, 0.25) is 0 Å². The highest BCUT2D eigenvalue weighted by Gasteiger charge is 2.18. The van der Waals surface area contributed by atoms with Crippen molar-refractivity contribution < 1.29 is 4.79 Å². The lowest BCUT2D eigenvalue weighted by molar-refractivity contribution is 0.101. The zero-order chi connectivity index (χ0) is 8.97. The van der Waals surface area contributed by atoms with Gasteiger partial charge in [0.25, 0.3) is 0 Å². The molecule has 1 aliphatic heterocycles. The van der Waals surface area contributed by atoms with Crippen LogP contribution < -0.4 is 5.32 Å². The molecule has 1 aromatic rings. The van der Waals surface area contributed by atoms with Crippen LogP contribution in [0.3, 0.4) is 0 Å². The van der Waals surface area contributed by atoms with Crippen molar-refractivity contribution in [3.05, 3.63) is 18.1 Å². The number of rotatable bonds is 0. The van der Waals surface area contributed by atoms with Crippen LogP contribution in [0.1, 0.15) is 10.4 Å². The van der Waals surface area contributed by atoms with E-state index in [0.29, 0.717) is 17.9 Å². The minimum absolute atomic E-state index is 0.0654. The van der Waals surface area contributed by atoms with E-state index in [1.54, 1.807) is 0 Å². The molecule has 12 heavy (non-hydrogen) atoms. The Morgan fingerprint density at radius 1 is 1.58 bits per heavy atom. The Morgan fingerprint density at radius 2 is 2.33 bits per heavy atom. The van der Waals surface area contributed by atoms with Crippen LogP contribution in [0.2, 0.25) is 0 Å². The Labute approximate surface area is 73.0 Å². The second-order valence-corrected chi connectivity index (χ2v) is 2.06. The lowest BCUT2D eigenvalue weighted by atomic mass is 10.2. The van der Waals surface area contributed by atoms with Crippen molar-refractivity contribution in [3.63, 3.8) is 0 Å². The van der Waals surface area contributed by atoms with Gasteiger partial charge in [-0.25, -0.2) is 9.97 Å². The number of nitrogens with zero attached hydrogens (tertiary/aromatic N) is 2. The van der Waals surface area contributed by atoms with Crippen molar-refractivity contribution in [1.82, 2.24) is 9.97 Å². The Balaban J connectivity index is 0.000000336. The highest BCUT2D eigenvalue weighted by Crippen LogP contribution is 2.15. The third-order valence-corrected chi connectivity index (χ3v) is 1.43. The molecule has 1 unspecified atom stereocenters. The average molecular weight is 183 g/mol. The summed E-state index contributed by atoms with van der Waals surface area (Å²) in [6, 6.07) is 0. The van der Waals surface area contributed by atoms with Crippen molar-refractivity contribution in [3.8, 4) is 0 Å². The number of aromatic nitrogens is 2. The molecule has 0 aromatic carbocycles. The molecule has 0 bridgehead atoms. The Morgan fingerprint density at radius 3 is 3.00 bits per heavy atom. The van der Waals surface area contributed by atoms with Crippen molar-refractivity contribution in [2.75, 3.05) is 18.5 Å².